The third kappa shape index (κ3) is 4.70. The maximum atomic E-state index is 5.25. The van der Waals surface area contributed by atoms with Gasteiger partial charge in [0, 0.05) is 18.4 Å². The van der Waals surface area contributed by atoms with Gasteiger partial charge in [-0.2, -0.15) is 4.98 Å². The molecule has 1 aromatic heterocycles. The maximum absolute atomic E-state index is 5.25. The van der Waals surface area contributed by atoms with E-state index in [-0.39, 0.29) is 0 Å². The van der Waals surface area contributed by atoms with Crippen LogP contribution in [0.4, 0.5) is 17.5 Å². The lowest BCUT2D eigenvalue weighted by Crippen LogP contribution is -2.08. The Morgan fingerprint density at radius 1 is 1.04 bits per heavy atom. The van der Waals surface area contributed by atoms with Gasteiger partial charge in [-0.3, -0.25) is 0 Å². The van der Waals surface area contributed by atoms with Crippen LogP contribution in [0.2, 0.25) is 0 Å². The van der Waals surface area contributed by atoms with Crippen LogP contribution in [0.25, 0.3) is 0 Å². The molecule has 0 atom stereocenters. The standard InChI is InChI=1S/C20H22N4O/c1-15-6-3-4-9-18(15)23-20-22-13-11-19(24-20)21-12-10-16-7-5-8-17(14-16)25-2/h3-9,11,13-14H,10,12H2,1-2H3,(H2,21,22,23,24). The molecule has 0 saturated heterocycles. The van der Waals surface area contributed by atoms with Gasteiger partial charge in [0.05, 0.1) is 7.11 Å². The smallest absolute Gasteiger partial charge is 0.229 e. The lowest BCUT2D eigenvalue weighted by Gasteiger charge is -2.10. The van der Waals surface area contributed by atoms with E-state index in [0.29, 0.717) is 5.95 Å². The van der Waals surface area contributed by atoms with Crippen molar-refractivity contribution in [2.45, 2.75) is 13.3 Å². The van der Waals surface area contributed by atoms with Gasteiger partial charge in [0.25, 0.3) is 0 Å². The number of anilines is 3. The van der Waals surface area contributed by atoms with Crippen LogP contribution in [0.15, 0.2) is 60.8 Å². The van der Waals surface area contributed by atoms with E-state index in [1.54, 1.807) is 13.3 Å². The minimum absolute atomic E-state index is 0.584. The van der Waals surface area contributed by atoms with Gasteiger partial charge in [0.2, 0.25) is 5.95 Å². The number of methoxy groups -OCH3 is 1. The van der Waals surface area contributed by atoms with E-state index < -0.39 is 0 Å². The zero-order valence-corrected chi connectivity index (χ0v) is 14.5. The quantitative estimate of drug-likeness (QED) is 0.678. The molecule has 0 amide bonds. The molecule has 0 unspecified atom stereocenters. The van der Waals surface area contributed by atoms with Crippen LogP contribution >= 0.6 is 0 Å². The fourth-order valence-electron chi connectivity index (χ4n) is 2.51. The van der Waals surface area contributed by atoms with Crippen LogP contribution in [0.3, 0.4) is 0 Å². The van der Waals surface area contributed by atoms with Crippen molar-refractivity contribution in [1.29, 1.82) is 0 Å². The topological polar surface area (TPSA) is 59.1 Å². The molecule has 2 N–H and O–H groups in total. The number of ether oxygens (including phenoxy) is 1. The Morgan fingerprint density at radius 3 is 2.76 bits per heavy atom. The van der Waals surface area contributed by atoms with Crippen molar-refractivity contribution in [3.05, 3.63) is 71.9 Å². The zero-order chi connectivity index (χ0) is 17.5. The Hall–Kier alpha value is -3.08. The average molecular weight is 334 g/mol. The molecule has 5 heteroatoms. The summed E-state index contributed by atoms with van der Waals surface area (Å²) in [5.41, 5.74) is 3.39. The maximum Gasteiger partial charge on any atom is 0.229 e. The van der Waals surface area contributed by atoms with Crippen LogP contribution in [0, 0.1) is 6.92 Å². The first-order valence-corrected chi connectivity index (χ1v) is 8.27. The number of aromatic nitrogens is 2. The molecule has 0 spiro atoms. The molecule has 3 rings (SSSR count). The number of nitrogens with zero attached hydrogens (tertiary/aromatic N) is 2. The van der Waals surface area contributed by atoms with E-state index in [9.17, 15) is 0 Å². The number of para-hydroxylation sites is 1. The number of benzene rings is 2. The Kier molecular flexibility index (Phi) is 5.46. The lowest BCUT2D eigenvalue weighted by molar-refractivity contribution is 0.414. The van der Waals surface area contributed by atoms with Crippen molar-refractivity contribution in [2.24, 2.45) is 0 Å². The summed E-state index contributed by atoms with van der Waals surface area (Å²) in [5, 5.41) is 6.60. The molecular formula is C20H22N4O. The second-order valence-corrected chi connectivity index (χ2v) is 5.73. The van der Waals surface area contributed by atoms with E-state index in [2.05, 4.69) is 39.7 Å². The molecule has 0 bridgehead atoms. The number of rotatable bonds is 7. The van der Waals surface area contributed by atoms with Gasteiger partial charge in [0.15, 0.2) is 0 Å². The van der Waals surface area contributed by atoms with Gasteiger partial charge >= 0.3 is 0 Å². The van der Waals surface area contributed by atoms with E-state index >= 15 is 0 Å². The van der Waals surface area contributed by atoms with Crippen LogP contribution < -0.4 is 15.4 Å². The molecule has 3 aromatic rings. The summed E-state index contributed by atoms with van der Waals surface area (Å²) >= 11 is 0. The SMILES string of the molecule is COc1cccc(CCNc2ccnc(Nc3ccccc3C)n2)c1. The molecule has 2 aromatic carbocycles. The second kappa shape index (κ2) is 8.15. The predicted octanol–water partition coefficient (Wildman–Crippen LogP) is 4.19. The highest BCUT2D eigenvalue weighted by Crippen LogP contribution is 2.18. The summed E-state index contributed by atoms with van der Waals surface area (Å²) in [4.78, 5) is 8.80. The highest BCUT2D eigenvalue weighted by atomic mass is 16.5. The van der Waals surface area contributed by atoms with Gasteiger partial charge < -0.3 is 15.4 Å². The minimum Gasteiger partial charge on any atom is -0.497 e. The molecular weight excluding hydrogens is 312 g/mol. The molecule has 0 saturated carbocycles. The lowest BCUT2D eigenvalue weighted by atomic mass is 10.1. The molecule has 0 aliphatic carbocycles. The first-order chi connectivity index (χ1) is 12.2. The van der Waals surface area contributed by atoms with Crippen molar-refractivity contribution in [1.82, 2.24) is 9.97 Å². The Bertz CT molecular complexity index is 835. The fourth-order valence-corrected chi connectivity index (χ4v) is 2.51. The highest BCUT2D eigenvalue weighted by molar-refractivity contribution is 5.58. The van der Waals surface area contributed by atoms with Crippen LogP contribution in [0.1, 0.15) is 11.1 Å². The highest BCUT2D eigenvalue weighted by Gasteiger charge is 2.02. The Morgan fingerprint density at radius 2 is 1.92 bits per heavy atom. The van der Waals surface area contributed by atoms with Gasteiger partial charge in [-0.05, 0) is 48.7 Å². The molecule has 5 nitrogen and oxygen atoms in total. The normalized spacial score (nSPS) is 10.3. The first-order valence-electron chi connectivity index (χ1n) is 8.27. The van der Waals surface area contributed by atoms with E-state index in [4.69, 9.17) is 4.74 Å². The van der Waals surface area contributed by atoms with Gasteiger partial charge in [-0.1, -0.05) is 30.3 Å². The Labute approximate surface area is 148 Å². The van der Waals surface area contributed by atoms with Crippen molar-refractivity contribution in [3.8, 4) is 5.75 Å². The van der Waals surface area contributed by atoms with Crippen LogP contribution in [-0.2, 0) is 6.42 Å². The van der Waals surface area contributed by atoms with Crippen molar-refractivity contribution < 1.29 is 4.74 Å². The predicted molar refractivity (Wildman–Crippen MR) is 102 cm³/mol. The summed E-state index contributed by atoms with van der Waals surface area (Å²) in [7, 11) is 1.68. The van der Waals surface area contributed by atoms with Crippen molar-refractivity contribution >= 4 is 17.5 Å². The number of hydrogen-bond acceptors (Lipinski definition) is 5. The van der Waals surface area contributed by atoms with Crippen molar-refractivity contribution in [3.63, 3.8) is 0 Å². The summed E-state index contributed by atoms with van der Waals surface area (Å²) in [6.45, 7) is 2.84. The average Bonchev–Trinajstić information content (AvgIpc) is 2.64. The van der Waals surface area contributed by atoms with E-state index in [1.165, 1.54) is 5.56 Å². The largest absolute Gasteiger partial charge is 0.497 e. The summed E-state index contributed by atoms with van der Waals surface area (Å²) < 4.78 is 5.25. The van der Waals surface area contributed by atoms with Crippen LogP contribution in [-0.4, -0.2) is 23.6 Å². The van der Waals surface area contributed by atoms with Crippen LogP contribution in [0.5, 0.6) is 5.75 Å². The summed E-state index contributed by atoms with van der Waals surface area (Å²) in [6.07, 6.45) is 2.64. The third-order valence-corrected chi connectivity index (χ3v) is 3.90. The Balaban J connectivity index is 1.59. The molecule has 128 valence electrons. The molecule has 0 radical (unpaired) electrons. The van der Waals surface area contributed by atoms with E-state index in [1.807, 2.05) is 42.5 Å². The molecule has 25 heavy (non-hydrogen) atoms. The second-order valence-electron chi connectivity index (χ2n) is 5.73. The molecule has 1 heterocycles. The van der Waals surface area contributed by atoms with E-state index in [0.717, 1.165) is 35.8 Å². The number of aryl methyl sites for hydroxylation is 1. The minimum atomic E-state index is 0.584. The molecule has 0 aliphatic heterocycles. The van der Waals surface area contributed by atoms with Gasteiger partial charge in [-0.15, -0.1) is 0 Å². The summed E-state index contributed by atoms with van der Waals surface area (Å²) in [5.74, 6) is 2.26. The monoisotopic (exact) mass is 334 g/mol. The van der Waals surface area contributed by atoms with Crippen molar-refractivity contribution in [2.75, 3.05) is 24.3 Å². The van der Waals surface area contributed by atoms with Gasteiger partial charge in [-0.25, -0.2) is 4.98 Å². The zero-order valence-electron chi connectivity index (χ0n) is 14.5. The molecule has 0 fully saturated rings. The fraction of sp³-hybridized carbons (Fsp3) is 0.200. The summed E-state index contributed by atoms with van der Waals surface area (Å²) in [6, 6.07) is 18.0. The first kappa shape index (κ1) is 16.8. The molecule has 0 aliphatic rings. The third-order valence-electron chi connectivity index (χ3n) is 3.90. The number of hydrogen-bond donors (Lipinski definition) is 2. The van der Waals surface area contributed by atoms with Gasteiger partial charge in [0.1, 0.15) is 11.6 Å². The number of nitrogens with one attached hydrogen (secondary N) is 2.